The Morgan fingerprint density at radius 2 is 1.30 bits per heavy atom. The number of nitrogens with two attached hydrogens (primary N) is 1. The zero-order valence-electron chi connectivity index (χ0n) is 15.7. The van der Waals surface area contributed by atoms with Gasteiger partial charge in [-0.15, -0.1) is 0 Å². The molecule has 0 amide bonds. The normalized spacial score (nSPS) is 11.0. The summed E-state index contributed by atoms with van der Waals surface area (Å²) >= 11 is 0. The first-order valence-corrected chi connectivity index (χ1v) is 9.29. The Kier molecular flexibility index (Phi) is 18.9. The highest BCUT2D eigenvalue weighted by molar-refractivity contribution is 5.66. The Hall–Kier alpha value is -0.650. The quantitative estimate of drug-likeness (QED) is 0.282. The number of hydroxylamine groups is 3. The van der Waals surface area contributed by atoms with Crippen molar-refractivity contribution in [1.29, 1.82) is 0 Å². The molecule has 0 aromatic carbocycles. The molecule has 5 heteroatoms. The highest BCUT2D eigenvalue weighted by atomic mass is 16.5. The molecule has 3 N–H and O–H groups in total. The Morgan fingerprint density at radius 1 is 0.913 bits per heavy atom. The zero-order valence-corrected chi connectivity index (χ0v) is 15.7. The van der Waals surface area contributed by atoms with Crippen LogP contribution >= 0.6 is 0 Å². The molecule has 0 saturated heterocycles. The molecule has 0 aromatic rings. The smallest absolute Gasteiger partial charge is 0.303 e. The van der Waals surface area contributed by atoms with Gasteiger partial charge in [0.05, 0.1) is 20.6 Å². The van der Waals surface area contributed by atoms with E-state index in [0.29, 0.717) is 19.5 Å². The third-order valence-electron chi connectivity index (χ3n) is 3.66. The number of nitrogens with zero attached hydrogens (tertiary/aromatic N) is 1. The van der Waals surface area contributed by atoms with Crippen molar-refractivity contribution in [2.24, 2.45) is 5.73 Å². The van der Waals surface area contributed by atoms with Crippen molar-refractivity contribution in [2.45, 2.75) is 84.0 Å². The van der Waals surface area contributed by atoms with Gasteiger partial charge < -0.3 is 20.7 Å². The third-order valence-corrected chi connectivity index (χ3v) is 3.66. The molecule has 0 heterocycles. The van der Waals surface area contributed by atoms with Crippen LogP contribution in [0.25, 0.3) is 0 Å². The molecule has 5 nitrogen and oxygen atoms in total. The maximum atomic E-state index is 10.6. The lowest BCUT2D eigenvalue weighted by Gasteiger charge is -2.32. The minimum absolute atomic E-state index is 0.281. The SMILES string of the molecule is CCCCCCCCCCCCCC(=O)O.C[N+](C)([O-])CCN. The molecular formula is C18H40N2O3. The number of hydrogen-bond acceptors (Lipinski definition) is 3. The molecule has 0 atom stereocenters. The number of carbonyl (C=O) groups is 1. The number of carboxylic acids is 1. The van der Waals surface area contributed by atoms with E-state index in [0.717, 1.165) is 12.8 Å². The fraction of sp³-hybridized carbons (Fsp3) is 0.944. The Balaban J connectivity index is 0. The summed E-state index contributed by atoms with van der Waals surface area (Å²) in [6.45, 7) is 3.22. The van der Waals surface area contributed by atoms with E-state index in [4.69, 9.17) is 10.8 Å². The average Bonchev–Trinajstić information content (AvgIpc) is 2.44. The number of unbranched alkanes of at least 4 members (excludes halogenated alkanes) is 10. The second-order valence-electron chi connectivity index (χ2n) is 6.77. The topological polar surface area (TPSA) is 86.4 Å². The maximum absolute atomic E-state index is 10.6. The van der Waals surface area contributed by atoms with E-state index in [1.807, 2.05) is 0 Å². The molecule has 0 unspecified atom stereocenters. The predicted molar refractivity (Wildman–Crippen MR) is 98.1 cm³/mol. The van der Waals surface area contributed by atoms with Gasteiger partial charge in [0.1, 0.15) is 0 Å². The summed E-state index contributed by atoms with van der Waals surface area (Å²) in [6, 6.07) is 0. The lowest BCUT2D eigenvalue weighted by atomic mass is 10.1. The Labute approximate surface area is 143 Å². The summed E-state index contributed by atoms with van der Waals surface area (Å²) in [5, 5.41) is 19.0. The molecule has 23 heavy (non-hydrogen) atoms. The Morgan fingerprint density at radius 3 is 1.57 bits per heavy atom. The first-order chi connectivity index (χ1) is 10.8. The molecule has 0 aliphatic rings. The van der Waals surface area contributed by atoms with E-state index < -0.39 is 5.97 Å². The third kappa shape index (κ3) is 29.9. The van der Waals surface area contributed by atoms with Crippen molar-refractivity contribution in [3.05, 3.63) is 5.21 Å². The molecule has 0 rings (SSSR count). The van der Waals surface area contributed by atoms with Crippen LogP contribution in [-0.4, -0.2) is 42.9 Å². The monoisotopic (exact) mass is 332 g/mol. The van der Waals surface area contributed by atoms with Crippen LogP contribution in [0.1, 0.15) is 84.0 Å². The van der Waals surface area contributed by atoms with Gasteiger partial charge in [-0.3, -0.25) is 4.79 Å². The molecular weight excluding hydrogens is 292 g/mol. The van der Waals surface area contributed by atoms with Gasteiger partial charge in [-0.1, -0.05) is 71.1 Å². The summed E-state index contributed by atoms with van der Waals surface area (Å²) in [7, 11) is 3.15. The van der Waals surface area contributed by atoms with Gasteiger partial charge in [0, 0.05) is 13.0 Å². The van der Waals surface area contributed by atoms with Crippen LogP contribution in [0.15, 0.2) is 0 Å². The van der Waals surface area contributed by atoms with Gasteiger partial charge in [-0.2, -0.15) is 0 Å². The van der Waals surface area contributed by atoms with Crippen LogP contribution in [0.4, 0.5) is 0 Å². The second kappa shape index (κ2) is 17.7. The molecule has 0 aromatic heterocycles. The number of likely N-dealkylation sites (N-methyl/N-ethyl adjacent to an activating group) is 1. The van der Waals surface area contributed by atoms with E-state index in [9.17, 15) is 10.0 Å². The largest absolute Gasteiger partial charge is 0.633 e. The van der Waals surface area contributed by atoms with E-state index in [1.165, 1.54) is 57.8 Å². The minimum Gasteiger partial charge on any atom is -0.633 e. The molecule has 0 saturated carbocycles. The standard InChI is InChI=1S/C14H28O2.C4H12N2O/c1-2-3-4-5-6-7-8-9-10-11-12-13-14(15)16;1-6(2,7)4-3-5/h2-13H2,1H3,(H,15,16);3-5H2,1-2H3. The van der Waals surface area contributed by atoms with Gasteiger partial charge in [-0.25, -0.2) is 0 Å². The summed E-state index contributed by atoms with van der Waals surface area (Å²) < 4.78 is -0.281. The molecule has 0 fully saturated rings. The van der Waals surface area contributed by atoms with E-state index in [-0.39, 0.29) is 4.65 Å². The van der Waals surface area contributed by atoms with Crippen LogP contribution in [0.5, 0.6) is 0 Å². The molecule has 0 aliphatic heterocycles. The van der Waals surface area contributed by atoms with E-state index in [1.54, 1.807) is 14.1 Å². The molecule has 0 radical (unpaired) electrons. The van der Waals surface area contributed by atoms with Crippen molar-refractivity contribution in [3.8, 4) is 0 Å². The number of hydrogen-bond donors (Lipinski definition) is 2. The second-order valence-corrected chi connectivity index (χ2v) is 6.77. The van der Waals surface area contributed by atoms with Gasteiger partial charge in [0.25, 0.3) is 0 Å². The first-order valence-electron chi connectivity index (χ1n) is 9.29. The summed E-state index contributed by atoms with van der Waals surface area (Å²) in [5.41, 5.74) is 5.10. The molecule has 0 spiro atoms. The number of carboxylic acid groups (broad SMARTS) is 1. The minimum atomic E-state index is -0.657. The van der Waals surface area contributed by atoms with E-state index in [2.05, 4.69) is 6.92 Å². The van der Waals surface area contributed by atoms with Crippen LogP contribution in [-0.2, 0) is 4.79 Å². The maximum Gasteiger partial charge on any atom is 0.303 e. The van der Waals surface area contributed by atoms with Crippen LogP contribution in [0.3, 0.4) is 0 Å². The lowest BCUT2D eigenvalue weighted by molar-refractivity contribution is -0.838. The average molecular weight is 333 g/mol. The zero-order chi connectivity index (χ0) is 18.0. The molecule has 140 valence electrons. The van der Waals surface area contributed by atoms with Crippen molar-refractivity contribution < 1.29 is 14.5 Å². The highest BCUT2D eigenvalue weighted by Gasteiger charge is 1.96. The van der Waals surface area contributed by atoms with Gasteiger partial charge in [0.2, 0.25) is 0 Å². The number of aliphatic carboxylic acids is 1. The van der Waals surface area contributed by atoms with Crippen molar-refractivity contribution in [2.75, 3.05) is 27.2 Å². The van der Waals surface area contributed by atoms with Crippen LogP contribution in [0.2, 0.25) is 0 Å². The molecule has 0 bridgehead atoms. The summed E-state index contributed by atoms with van der Waals surface area (Å²) in [6.07, 6.45) is 14.4. The summed E-state index contributed by atoms with van der Waals surface area (Å²) in [5.74, 6) is -0.657. The van der Waals surface area contributed by atoms with E-state index >= 15 is 0 Å². The summed E-state index contributed by atoms with van der Waals surface area (Å²) in [4.78, 5) is 10.3. The predicted octanol–water partition coefficient (Wildman–Crippen LogP) is 4.29. The Bertz CT molecular complexity index is 253. The highest BCUT2D eigenvalue weighted by Crippen LogP contribution is 2.11. The van der Waals surface area contributed by atoms with Gasteiger partial charge >= 0.3 is 5.97 Å². The number of rotatable bonds is 14. The van der Waals surface area contributed by atoms with Gasteiger partial charge in [0.15, 0.2) is 0 Å². The fourth-order valence-corrected chi connectivity index (χ4v) is 2.25. The van der Waals surface area contributed by atoms with Crippen LogP contribution in [0, 0.1) is 5.21 Å². The van der Waals surface area contributed by atoms with Crippen molar-refractivity contribution in [1.82, 2.24) is 0 Å². The van der Waals surface area contributed by atoms with Gasteiger partial charge in [-0.05, 0) is 6.42 Å². The van der Waals surface area contributed by atoms with Crippen molar-refractivity contribution >= 4 is 5.97 Å². The number of quaternary nitrogens is 1. The lowest BCUT2D eigenvalue weighted by Crippen LogP contribution is -2.36. The van der Waals surface area contributed by atoms with Crippen molar-refractivity contribution in [3.63, 3.8) is 0 Å². The molecule has 0 aliphatic carbocycles. The fourth-order valence-electron chi connectivity index (χ4n) is 2.25. The first kappa shape index (κ1) is 24.6. The van der Waals surface area contributed by atoms with Crippen LogP contribution < -0.4 is 5.73 Å².